The number of nitrogens with zero attached hydrogens (tertiary/aromatic N) is 1. The molecule has 1 atom stereocenters. The zero-order valence-corrected chi connectivity index (χ0v) is 13.2. The number of halogens is 2. The molecule has 5 nitrogen and oxygen atoms in total. The molecular formula is C12H17Cl2N3O2S. The summed E-state index contributed by atoms with van der Waals surface area (Å²) >= 11 is 11.8. The lowest BCUT2D eigenvalue weighted by atomic mass is 10.0. The Hall–Kier alpha value is -0.530. The van der Waals surface area contributed by atoms with Crippen molar-refractivity contribution in [2.45, 2.75) is 12.8 Å². The van der Waals surface area contributed by atoms with Gasteiger partial charge in [-0.3, -0.25) is 4.72 Å². The van der Waals surface area contributed by atoms with E-state index in [4.69, 9.17) is 28.9 Å². The van der Waals surface area contributed by atoms with Gasteiger partial charge in [0.2, 0.25) is 0 Å². The van der Waals surface area contributed by atoms with Crippen molar-refractivity contribution in [1.29, 1.82) is 0 Å². The van der Waals surface area contributed by atoms with Crippen molar-refractivity contribution in [3.8, 4) is 0 Å². The first-order chi connectivity index (χ1) is 9.42. The Morgan fingerprint density at radius 1 is 1.40 bits per heavy atom. The summed E-state index contributed by atoms with van der Waals surface area (Å²) < 4.78 is 28.6. The second-order valence-electron chi connectivity index (χ2n) is 4.83. The van der Waals surface area contributed by atoms with E-state index >= 15 is 0 Å². The Labute approximate surface area is 129 Å². The van der Waals surface area contributed by atoms with Crippen LogP contribution in [0.25, 0.3) is 0 Å². The maximum atomic E-state index is 12.3. The molecule has 0 radical (unpaired) electrons. The van der Waals surface area contributed by atoms with Crippen molar-refractivity contribution in [2.75, 3.05) is 24.4 Å². The third-order valence-electron chi connectivity index (χ3n) is 3.33. The molecule has 8 heteroatoms. The number of hydrogen-bond acceptors (Lipinski definition) is 3. The summed E-state index contributed by atoms with van der Waals surface area (Å²) in [6.45, 7) is 1.43. The van der Waals surface area contributed by atoms with Gasteiger partial charge in [0.25, 0.3) is 0 Å². The molecule has 1 heterocycles. The van der Waals surface area contributed by atoms with Gasteiger partial charge in [-0.2, -0.15) is 12.7 Å². The molecule has 1 saturated heterocycles. The summed E-state index contributed by atoms with van der Waals surface area (Å²) in [5.41, 5.74) is 5.95. The number of rotatable bonds is 4. The van der Waals surface area contributed by atoms with Crippen LogP contribution in [0, 0.1) is 5.92 Å². The number of anilines is 1. The first kappa shape index (κ1) is 15.9. The molecule has 0 amide bonds. The molecule has 0 aliphatic carbocycles. The molecule has 0 spiro atoms. The van der Waals surface area contributed by atoms with Gasteiger partial charge in [-0.1, -0.05) is 23.2 Å². The van der Waals surface area contributed by atoms with Gasteiger partial charge in [-0.25, -0.2) is 0 Å². The van der Waals surface area contributed by atoms with Crippen molar-refractivity contribution in [1.82, 2.24) is 4.31 Å². The predicted molar refractivity (Wildman–Crippen MR) is 82.4 cm³/mol. The topological polar surface area (TPSA) is 75.4 Å². The molecule has 1 aliphatic rings. The Morgan fingerprint density at radius 3 is 2.80 bits per heavy atom. The Balaban J connectivity index is 2.14. The molecule has 0 aromatic heterocycles. The van der Waals surface area contributed by atoms with E-state index in [0.717, 1.165) is 12.8 Å². The van der Waals surface area contributed by atoms with Crippen LogP contribution >= 0.6 is 23.2 Å². The van der Waals surface area contributed by atoms with Crippen molar-refractivity contribution >= 4 is 39.1 Å². The monoisotopic (exact) mass is 337 g/mol. The van der Waals surface area contributed by atoms with Crippen molar-refractivity contribution < 1.29 is 8.42 Å². The average molecular weight is 338 g/mol. The number of nitrogens with two attached hydrogens (primary N) is 1. The molecular weight excluding hydrogens is 321 g/mol. The van der Waals surface area contributed by atoms with Gasteiger partial charge in [-0.05, 0) is 43.5 Å². The van der Waals surface area contributed by atoms with Crippen LogP contribution in [0.3, 0.4) is 0 Å². The molecule has 2 rings (SSSR count). The van der Waals surface area contributed by atoms with Crippen LogP contribution in [-0.4, -0.2) is 32.4 Å². The van der Waals surface area contributed by atoms with E-state index in [2.05, 4.69) is 4.72 Å². The maximum absolute atomic E-state index is 12.3. The van der Waals surface area contributed by atoms with E-state index in [0.29, 0.717) is 30.3 Å². The van der Waals surface area contributed by atoms with Crippen molar-refractivity contribution in [2.24, 2.45) is 11.7 Å². The van der Waals surface area contributed by atoms with Gasteiger partial charge in [-0.15, -0.1) is 0 Å². The van der Waals surface area contributed by atoms with E-state index in [1.165, 1.54) is 10.4 Å². The minimum Gasteiger partial charge on any atom is -0.330 e. The zero-order valence-electron chi connectivity index (χ0n) is 10.9. The van der Waals surface area contributed by atoms with E-state index < -0.39 is 10.2 Å². The quantitative estimate of drug-likeness (QED) is 0.885. The Bertz CT molecular complexity index is 580. The molecule has 1 aromatic rings. The molecule has 112 valence electrons. The first-order valence-electron chi connectivity index (χ1n) is 6.35. The second-order valence-corrected chi connectivity index (χ2v) is 7.35. The molecule has 1 fully saturated rings. The standard InChI is InChI=1S/C12H17Cl2N3O2S/c13-10-3-4-12(11(14)6-10)16-20(18,19)17-5-1-2-9(7-15)8-17/h3-4,6,9,16H,1-2,5,7-8,15H2. The molecule has 1 aromatic carbocycles. The maximum Gasteiger partial charge on any atom is 0.301 e. The third kappa shape index (κ3) is 3.77. The van der Waals surface area contributed by atoms with Gasteiger partial charge in [0.15, 0.2) is 0 Å². The highest BCUT2D eigenvalue weighted by molar-refractivity contribution is 7.90. The molecule has 1 unspecified atom stereocenters. The number of hydrogen-bond donors (Lipinski definition) is 2. The first-order valence-corrected chi connectivity index (χ1v) is 8.55. The van der Waals surface area contributed by atoms with E-state index in [-0.39, 0.29) is 10.9 Å². The summed E-state index contributed by atoms with van der Waals surface area (Å²) in [6, 6.07) is 4.64. The van der Waals surface area contributed by atoms with Crippen LogP contribution in [0.4, 0.5) is 5.69 Å². The highest BCUT2D eigenvalue weighted by Gasteiger charge is 2.28. The predicted octanol–water partition coefficient (Wildman–Crippen LogP) is 2.32. The van der Waals surface area contributed by atoms with Gasteiger partial charge in [0.1, 0.15) is 0 Å². The van der Waals surface area contributed by atoms with Gasteiger partial charge in [0.05, 0.1) is 10.7 Å². The largest absolute Gasteiger partial charge is 0.330 e. The van der Waals surface area contributed by atoms with Gasteiger partial charge in [0, 0.05) is 18.1 Å². The lowest BCUT2D eigenvalue weighted by Crippen LogP contribution is -2.44. The van der Waals surface area contributed by atoms with Gasteiger partial charge >= 0.3 is 10.2 Å². The molecule has 1 aliphatic heterocycles. The second kappa shape index (κ2) is 6.49. The summed E-state index contributed by atoms with van der Waals surface area (Å²) in [7, 11) is -3.61. The Morgan fingerprint density at radius 2 is 2.15 bits per heavy atom. The van der Waals surface area contributed by atoms with Gasteiger partial charge < -0.3 is 5.73 Å². The van der Waals surface area contributed by atoms with Crippen molar-refractivity contribution in [3.05, 3.63) is 28.2 Å². The van der Waals surface area contributed by atoms with Crippen LogP contribution in [0.1, 0.15) is 12.8 Å². The van der Waals surface area contributed by atoms with E-state index in [1.54, 1.807) is 12.1 Å². The lowest BCUT2D eigenvalue weighted by Gasteiger charge is -2.31. The normalized spacial score (nSPS) is 20.9. The number of nitrogens with one attached hydrogen (secondary N) is 1. The molecule has 0 saturated carbocycles. The fourth-order valence-corrected chi connectivity index (χ4v) is 4.09. The van der Waals surface area contributed by atoms with Crippen molar-refractivity contribution in [3.63, 3.8) is 0 Å². The van der Waals surface area contributed by atoms with Crippen LogP contribution < -0.4 is 10.5 Å². The van der Waals surface area contributed by atoms with Crippen LogP contribution in [-0.2, 0) is 10.2 Å². The summed E-state index contributed by atoms with van der Waals surface area (Å²) in [4.78, 5) is 0. The highest BCUT2D eigenvalue weighted by Crippen LogP contribution is 2.27. The zero-order chi connectivity index (χ0) is 14.8. The fourth-order valence-electron chi connectivity index (χ4n) is 2.21. The number of piperidine rings is 1. The van der Waals surface area contributed by atoms with Crippen LogP contribution in [0.5, 0.6) is 0 Å². The minimum absolute atomic E-state index is 0.209. The molecule has 3 N–H and O–H groups in total. The Kier molecular flexibility index (Phi) is 5.14. The summed E-state index contributed by atoms with van der Waals surface area (Å²) in [5, 5.41) is 0.729. The van der Waals surface area contributed by atoms with E-state index in [9.17, 15) is 8.42 Å². The minimum atomic E-state index is -3.61. The molecule has 20 heavy (non-hydrogen) atoms. The fraction of sp³-hybridized carbons (Fsp3) is 0.500. The smallest absolute Gasteiger partial charge is 0.301 e. The third-order valence-corrected chi connectivity index (χ3v) is 5.36. The SMILES string of the molecule is NCC1CCCN(S(=O)(=O)Nc2ccc(Cl)cc2Cl)C1. The van der Waals surface area contributed by atoms with Crippen LogP contribution in [0.2, 0.25) is 10.0 Å². The summed E-state index contributed by atoms with van der Waals surface area (Å²) in [6.07, 6.45) is 1.78. The van der Waals surface area contributed by atoms with E-state index in [1.807, 2.05) is 0 Å². The number of benzene rings is 1. The summed E-state index contributed by atoms with van der Waals surface area (Å²) in [5.74, 6) is 0.209. The average Bonchev–Trinajstić information content (AvgIpc) is 2.42. The molecule has 0 bridgehead atoms. The van der Waals surface area contributed by atoms with Crippen LogP contribution in [0.15, 0.2) is 18.2 Å². The highest BCUT2D eigenvalue weighted by atomic mass is 35.5. The lowest BCUT2D eigenvalue weighted by molar-refractivity contribution is 0.273.